The van der Waals surface area contributed by atoms with Crippen LogP contribution in [-0.2, 0) is 16.0 Å². The molecule has 8 heteroatoms. The highest BCUT2D eigenvalue weighted by atomic mass is 35.5. The van der Waals surface area contributed by atoms with Crippen molar-refractivity contribution < 1.29 is 9.53 Å². The number of carbonyl (C=O) groups excluding carboxylic acids is 1. The molecule has 136 valence electrons. The van der Waals surface area contributed by atoms with Crippen LogP contribution in [0.1, 0.15) is 19.0 Å². The van der Waals surface area contributed by atoms with Gasteiger partial charge in [-0.15, -0.1) is 12.4 Å². The summed E-state index contributed by atoms with van der Waals surface area (Å²) in [5.74, 6) is 0.292. The van der Waals surface area contributed by atoms with Crippen molar-refractivity contribution >= 4 is 24.0 Å². The zero-order valence-corrected chi connectivity index (χ0v) is 15.1. The SMILES string of the molecule is CCc1cc(=O)[nH]c(-c2cccc(NC(=O)CC(CN)OC)c2)n1.Cl. The molecule has 7 nitrogen and oxygen atoms in total. The molecule has 1 aromatic carbocycles. The van der Waals surface area contributed by atoms with Crippen LogP contribution in [0, 0.1) is 0 Å². The highest BCUT2D eigenvalue weighted by Gasteiger charge is 2.12. The summed E-state index contributed by atoms with van der Waals surface area (Å²) in [7, 11) is 1.52. The van der Waals surface area contributed by atoms with Gasteiger partial charge in [-0.05, 0) is 18.6 Å². The lowest BCUT2D eigenvalue weighted by Gasteiger charge is -2.13. The van der Waals surface area contributed by atoms with Crippen LogP contribution in [0.15, 0.2) is 35.1 Å². The molecule has 0 saturated heterocycles. The third-order valence-electron chi connectivity index (χ3n) is 3.59. The smallest absolute Gasteiger partial charge is 0.251 e. The molecule has 2 rings (SSSR count). The summed E-state index contributed by atoms with van der Waals surface area (Å²) in [6.07, 6.45) is 0.537. The minimum Gasteiger partial charge on any atom is -0.380 e. The summed E-state index contributed by atoms with van der Waals surface area (Å²) in [5, 5.41) is 2.80. The standard InChI is InChI=1S/C17H22N4O3.ClH/c1-3-12-8-15(22)21-17(20-12)11-5-4-6-13(7-11)19-16(23)9-14(10-18)24-2;/h4-8,14H,3,9-10,18H2,1-2H3,(H,19,23)(H,20,21,22);1H. The second kappa shape index (κ2) is 9.93. The van der Waals surface area contributed by atoms with Gasteiger partial charge in [0.2, 0.25) is 5.91 Å². The number of methoxy groups -OCH3 is 1. The molecule has 0 radical (unpaired) electrons. The summed E-state index contributed by atoms with van der Waals surface area (Å²) < 4.78 is 5.10. The van der Waals surface area contributed by atoms with Crippen LogP contribution in [0.4, 0.5) is 5.69 Å². The third kappa shape index (κ3) is 5.97. The molecule has 4 N–H and O–H groups in total. The minimum atomic E-state index is -0.313. The Hall–Kier alpha value is -2.22. The van der Waals surface area contributed by atoms with Crippen molar-refractivity contribution in [1.82, 2.24) is 9.97 Å². The normalized spacial score (nSPS) is 11.5. The second-order valence-electron chi connectivity index (χ2n) is 5.37. The molecule has 0 saturated carbocycles. The van der Waals surface area contributed by atoms with Crippen LogP contribution in [-0.4, -0.2) is 35.6 Å². The van der Waals surface area contributed by atoms with Crippen LogP contribution >= 0.6 is 12.4 Å². The Morgan fingerprint density at radius 2 is 2.16 bits per heavy atom. The first-order chi connectivity index (χ1) is 11.5. The predicted molar refractivity (Wildman–Crippen MR) is 100 cm³/mol. The van der Waals surface area contributed by atoms with Crippen LogP contribution in [0.3, 0.4) is 0 Å². The lowest BCUT2D eigenvalue weighted by atomic mass is 10.1. The molecule has 1 amide bonds. The quantitative estimate of drug-likeness (QED) is 0.691. The van der Waals surface area contributed by atoms with Gasteiger partial charge in [-0.1, -0.05) is 19.1 Å². The molecule has 0 spiro atoms. The maximum absolute atomic E-state index is 12.0. The van der Waals surface area contributed by atoms with E-state index >= 15 is 0 Å². The fourth-order valence-electron chi connectivity index (χ4n) is 2.25. The number of amides is 1. The van der Waals surface area contributed by atoms with Gasteiger partial charge < -0.3 is 20.8 Å². The van der Waals surface area contributed by atoms with Crippen molar-refractivity contribution in [3.8, 4) is 11.4 Å². The molecule has 0 fully saturated rings. The van der Waals surface area contributed by atoms with E-state index in [1.807, 2.05) is 13.0 Å². The minimum absolute atomic E-state index is 0. The molecular formula is C17H23ClN4O3. The van der Waals surface area contributed by atoms with E-state index in [0.29, 0.717) is 23.6 Å². The number of hydrogen-bond donors (Lipinski definition) is 3. The molecule has 1 unspecified atom stereocenters. The Morgan fingerprint density at radius 1 is 1.40 bits per heavy atom. The average molecular weight is 367 g/mol. The number of nitrogens with one attached hydrogen (secondary N) is 2. The largest absolute Gasteiger partial charge is 0.380 e. The van der Waals surface area contributed by atoms with E-state index < -0.39 is 0 Å². The number of H-pyrrole nitrogens is 1. The summed E-state index contributed by atoms with van der Waals surface area (Å²) in [6.45, 7) is 2.21. The molecule has 25 heavy (non-hydrogen) atoms. The zero-order chi connectivity index (χ0) is 17.5. The number of rotatable bonds is 7. The van der Waals surface area contributed by atoms with Gasteiger partial charge in [-0.25, -0.2) is 4.98 Å². The molecule has 0 aliphatic rings. The van der Waals surface area contributed by atoms with Crippen molar-refractivity contribution in [3.05, 3.63) is 46.4 Å². The first kappa shape index (κ1) is 20.8. The fourth-order valence-corrected chi connectivity index (χ4v) is 2.25. The summed E-state index contributed by atoms with van der Waals surface area (Å²) in [6, 6.07) is 8.63. The summed E-state index contributed by atoms with van der Waals surface area (Å²) >= 11 is 0. The molecule has 1 heterocycles. The summed E-state index contributed by atoms with van der Waals surface area (Å²) in [5.41, 5.74) is 7.38. The summed E-state index contributed by atoms with van der Waals surface area (Å²) in [4.78, 5) is 30.9. The van der Waals surface area contributed by atoms with Gasteiger partial charge in [0.05, 0.1) is 12.5 Å². The number of hydrogen-bond acceptors (Lipinski definition) is 5. The monoisotopic (exact) mass is 366 g/mol. The van der Waals surface area contributed by atoms with Gasteiger partial charge in [0.1, 0.15) is 5.82 Å². The molecule has 1 atom stereocenters. The Morgan fingerprint density at radius 3 is 2.80 bits per heavy atom. The molecule has 2 aromatic rings. The molecule has 1 aromatic heterocycles. The Bertz CT molecular complexity index is 760. The maximum atomic E-state index is 12.0. The average Bonchev–Trinajstić information content (AvgIpc) is 2.59. The van der Waals surface area contributed by atoms with E-state index in [0.717, 1.165) is 5.56 Å². The number of halogens is 1. The number of nitrogens with two attached hydrogens (primary N) is 1. The number of benzene rings is 1. The maximum Gasteiger partial charge on any atom is 0.251 e. The Kier molecular flexibility index (Phi) is 8.27. The van der Waals surface area contributed by atoms with Crippen LogP contribution < -0.4 is 16.6 Å². The van der Waals surface area contributed by atoms with E-state index in [4.69, 9.17) is 10.5 Å². The van der Waals surface area contributed by atoms with E-state index in [-0.39, 0.29) is 42.9 Å². The molecular weight excluding hydrogens is 344 g/mol. The first-order valence-corrected chi connectivity index (χ1v) is 7.79. The van der Waals surface area contributed by atoms with Crippen LogP contribution in [0.2, 0.25) is 0 Å². The molecule has 0 aliphatic heterocycles. The number of aromatic amines is 1. The van der Waals surface area contributed by atoms with E-state index in [2.05, 4.69) is 15.3 Å². The van der Waals surface area contributed by atoms with E-state index in [1.165, 1.54) is 13.2 Å². The number of aromatic nitrogens is 2. The van der Waals surface area contributed by atoms with Crippen molar-refractivity contribution in [2.75, 3.05) is 19.0 Å². The van der Waals surface area contributed by atoms with Gasteiger partial charge in [0.25, 0.3) is 5.56 Å². The fraction of sp³-hybridized carbons (Fsp3) is 0.353. The Balaban J connectivity index is 0.00000312. The highest BCUT2D eigenvalue weighted by molar-refractivity contribution is 5.91. The van der Waals surface area contributed by atoms with E-state index in [9.17, 15) is 9.59 Å². The van der Waals surface area contributed by atoms with Crippen molar-refractivity contribution in [3.63, 3.8) is 0 Å². The topological polar surface area (TPSA) is 110 Å². The lowest BCUT2D eigenvalue weighted by molar-refractivity contribution is -0.118. The number of aryl methyl sites for hydroxylation is 1. The van der Waals surface area contributed by atoms with Crippen LogP contribution in [0.25, 0.3) is 11.4 Å². The van der Waals surface area contributed by atoms with Gasteiger partial charge in [0.15, 0.2) is 0 Å². The first-order valence-electron chi connectivity index (χ1n) is 7.79. The molecule has 0 aliphatic carbocycles. The van der Waals surface area contributed by atoms with Crippen molar-refractivity contribution in [1.29, 1.82) is 0 Å². The van der Waals surface area contributed by atoms with Crippen molar-refractivity contribution in [2.24, 2.45) is 5.73 Å². The highest BCUT2D eigenvalue weighted by Crippen LogP contribution is 2.19. The second-order valence-corrected chi connectivity index (χ2v) is 5.37. The van der Waals surface area contributed by atoms with Gasteiger partial charge in [-0.3, -0.25) is 9.59 Å². The Labute approximate surface area is 152 Å². The number of ether oxygens (including phenoxy) is 1. The zero-order valence-electron chi connectivity index (χ0n) is 14.2. The molecule has 0 bridgehead atoms. The predicted octanol–water partition coefficient (Wildman–Crippen LogP) is 1.72. The lowest BCUT2D eigenvalue weighted by Crippen LogP contribution is -2.28. The van der Waals surface area contributed by atoms with E-state index in [1.54, 1.807) is 18.2 Å². The van der Waals surface area contributed by atoms with Crippen LogP contribution in [0.5, 0.6) is 0 Å². The third-order valence-corrected chi connectivity index (χ3v) is 3.59. The number of carbonyl (C=O) groups is 1. The van der Waals surface area contributed by atoms with Gasteiger partial charge in [0, 0.05) is 36.7 Å². The van der Waals surface area contributed by atoms with Crippen molar-refractivity contribution in [2.45, 2.75) is 25.9 Å². The number of anilines is 1. The van der Waals surface area contributed by atoms with Gasteiger partial charge in [-0.2, -0.15) is 0 Å². The van der Waals surface area contributed by atoms with Gasteiger partial charge >= 0.3 is 0 Å². The number of nitrogens with zero attached hydrogens (tertiary/aromatic N) is 1.